The number of nitrogens with one attached hydrogen (secondary N) is 1. The molecule has 30 heavy (non-hydrogen) atoms. The van der Waals surface area contributed by atoms with Gasteiger partial charge in [-0.1, -0.05) is 12.8 Å². The molecule has 0 radical (unpaired) electrons. The highest BCUT2D eigenvalue weighted by Gasteiger charge is 2.34. The maximum atomic E-state index is 12.8. The van der Waals surface area contributed by atoms with Gasteiger partial charge in [0, 0.05) is 66.1 Å². The van der Waals surface area contributed by atoms with Crippen LogP contribution in [0.1, 0.15) is 58.8 Å². The first-order valence-corrected chi connectivity index (χ1v) is 12.1. The quantitative estimate of drug-likeness (QED) is 0.481. The fourth-order valence-electron chi connectivity index (χ4n) is 5.28. The van der Waals surface area contributed by atoms with Crippen LogP contribution in [0.4, 0.5) is 0 Å². The molecular weight excluding hydrogens is 378 g/mol. The highest BCUT2D eigenvalue weighted by molar-refractivity contribution is 5.82. The van der Waals surface area contributed by atoms with Crippen molar-refractivity contribution in [2.75, 3.05) is 66.1 Å². The normalized spacial score (nSPS) is 23.8. The summed E-state index contributed by atoms with van der Waals surface area (Å²) in [5.74, 6) is 1.35. The second kappa shape index (κ2) is 11.3. The lowest BCUT2D eigenvalue weighted by atomic mass is 9.83. The van der Waals surface area contributed by atoms with E-state index in [0.29, 0.717) is 11.3 Å². The van der Waals surface area contributed by atoms with E-state index >= 15 is 0 Å². The molecule has 7 heteroatoms. The van der Waals surface area contributed by atoms with E-state index in [9.17, 15) is 4.79 Å². The zero-order chi connectivity index (χ0) is 21.4. The molecule has 2 aliphatic heterocycles. The van der Waals surface area contributed by atoms with Crippen LogP contribution < -0.4 is 5.32 Å². The molecular formula is C23H43N5O2. The second-order valence-electron chi connectivity index (χ2n) is 9.35. The van der Waals surface area contributed by atoms with Crippen LogP contribution >= 0.6 is 0 Å². The van der Waals surface area contributed by atoms with Crippen molar-refractivity contribution in [2.24, 2.45) is 10.4 Å². The Kier molecular flexibility index (Phi) is 8.81. The minimum absolute atomic E-state index is 0.0134. The van der Waals surface area contributed by atoms with E-state index in [1.807, 2.05) is 4.90 Å². The Bertz CT molecular complexity index is 562. The molecule has 2 saturated heterocycles. The van der Waals surface area contributed by atoms with Crippen molar-refractivity contribution in [1.82, 2.24) is 20.0 Å². The van der Waals surface area contributed by atoms with Crippen LogP contribution in [-0.4, -0.2) is 98.7 Å². The van der Waals surface area contributed by atoms with E-state index in [4.69, 9.17) is 9.73 Å². The van der Waals surface area contributed by atoms with E-state index in [1.165, 1.54) is 25.7 Å². The van der Waals surface area contributed by atoms with Gasteiger partial charge >= 0.3 is 0 Å². The van der Waals surface area contributed by atoms with E-state index in [-0.39, 0.29) is 6.04 Å². The first-order valence-electron chi connectivity index (χ1n) is 12.1. The summed E-state index contributed by atoms with van der Waals surface area (Å²) in [6.07, 6.45) is 8.58. The molecule has 2 heterocycles. The molecule has 3 rings (SSSR count). The van der Waals surface area contributed by atoms with E-state index < -0.39 is 0 Å². The Balaban J connectivity index is 1.55. The van der Waals surface area contributed by atoms with Gasteiger partial charge in [-0.15, -0.1) is 0 Å². The molecule has 1 unspecified atom stereocenters. The van der Waals surface area contributed by atoms with Crippen LogP contribution in [0.25, 0.3) is 0 Å². The molecule has 7 nitrogen and oxygen atoms in total. The summed E-state index contributed by atoms with van der Waals surface area (Å²) in [7, 11) is 1.80. The fraction of sp³-hybridized carbons (Fsp3) is 0.913. The maximum Gasteiger partial charge on any atom is 0.239 e. The number of nitrogens with zero attached hydrogens (tertiary/aromatic N) is 4. The van der Waals surface area contributed by atoms with Gasteiger partial charge in [-0.05, 0) is 51.4 Å². The second-order valence-corrected chi connectivity index (χ2v) is 9.35. The number of amides is 1. The number of hydrogen-bond acceptors (Lipinski definition) is 4. The number of aliphatic imine (C=N–C) groups is 1. The minimum Gasteiger partial charge on any atom is -0.385 e. The van der Waals surface area contributed by atoms with Crippen LogP contribution in [0.2, 0.25) is 0 Å². The summed E-state index contributed by atoms with van der Waals surface area (Å²) in [5, 5.41) is 3.51. The van der Waals surface area contributed by atoms with Crippen molar-refractivity contribution in [1.29, 1.82) is 0 Å². The molecule has 3 aliphatic rings. The summed E-state index contributed by atoms with van der Waals surface area (Å²) >= 11 is 0. The number of methoxy groups -OCH3 is 1. The third-order valence-corrected chi connectivity index (χ3v) is 7.34. The fourth-order valence-corrected chi connectivity index (χ4v) is 5.28. The monoisotopic (exact) mass is 421 g/mol. The molecule has 0 bridgehead atoms. The van der Waals surface area contributed by atoms with Gasteiger partial charge in [0.1, 0.15) is 0 Å². The molecule has 1 amide bonds. The number of carbonyl (C=O) groups excluding carboxylic acids is 1. The summed E-state index contributed by atoms with van der Waals surface area (Å²) in [6.45, 7) is 12.4. The highest BCUT2D eigenvalue weighted by Crippen LogP contribution is 2.41. The van der Waals surface area contributed by atoms with Gasteiger partial charge in [0.25, 0.3) is 0 Å². The lowest BCUT2D eigenvalue weighted by Crippen LogP contribution is -2.57. The first-order chi connectivity index (χ1) is 14.6. The highest BCUT2D eigenvalue weighted by atomic mass is 16.5. The molecule has 0 aromatic heterocycles. The summed E-state index contributed by atoms with van der Waals surface area (Å²) in [5.41, 5.74) is 0.315. The molecule has 0 aromatic carbocycles. The van der Waals surface area contributed by atoms with Gasteiger partial charge in [-0.25, -0.2) is 0 Å². The third-order valence-electron chi connectivity index (χ3n) is 7.34. The summed E-state index contributed by atoms with van der Waals surface area (Å²) in [6, 6.07) is -0.0134. The number of hydrogen-bond donors (Lipinski definition) is 1. The molecule has 1 atom stereocenters. The van der Waals surface area contributed by atoms with E-state index in [2.05, 4.69) is 29.0 Å². The average molecular weight is 422 g/mol. The third kappa shape index (κ3) is 5.88. The predicted octanol–water partition coefficient (Wildman–Crippen LogP) is 2.18. The lowest BCUT2D eigenvalue weighted by molar-refractivity contribution is -0.135. The van der Waals surface area contributed by atoms with E-state index in [1.54, 1.807) is 7.11 Å². The Morgan fingerprint density at radius 1 is 1.03 bits per heavy atom. The summed E-state index contributed by atoms with van der Waals surface area (Å²) in [4.78, 5) is 24.6. The zero-order valence-electron chi connectivity index (χ0n) is 19.5. The topological polar surface area (TPSA) is 60.4 Å². The standard InChI is InChI=1S/C23H43N5O2/c1-4-24-22(25-19-23(11-18-30-3)9-5-6-10-23)28-16-14-26(15-17-28)20(2)21(29)27-12-7-8-13-27/h20H,4-19H2,1-3H3,(H,24,25). The number of rotatable bonds is 8. The Morgan fingerprint density at radius 3 is 2.30 bits per heavy atom. The van der Waals surface area contributed by atoms with Crippen molar-refractivity contribution in [2.45, 2.75) is 64.8 Å². The van der Waals surface area contributed by atoms with Gasteiger partial charge < -0.3 is 19.9 Å². The smallest absolute Gasteiger partial charge is 0.239 e. The molecule has 0 spiro atoms. The van der Waals surface area contributed by atoms with Crippen molar-refractivity contribution < 1.29 is 9.53 Å². The first kappa shape index (κ1) is 23.3. The largest absolute Gasteiger partial charge is 0.385 e. The Morgan fingerprint density at radius 2 is 1.70 bits per heavy atom. The average Bonchev–Trinajstić information content (AvgIpc) is 3.47. The SMILES string of the molecule is CCNC(=NCC1(CCOC)CCCC1)N1CCN(C(C)C(=O)N2CCCC2)CC1. The number of ether oxygens (including phenoxy) is 1. The van der Waals surface area contributed by atoms with Crippen LogP contribution in [-0.2, 0) is 9.53 Å². The van der Waals surface area contributed by atoms with Crippen LogP contribution in [0.3, 0.4) is 0 Å². The van der Waals surface area contributed by atoms with Gasteiger partial charge in [0.15, 0.2) is 5.96 Å². The molecule has 1 N–H and O–H groups in total. The van der Waals surface area contributed by atoms with Crippen molar-refractivity contribution >= 4 is 11.9 Å². The predicted molar refractivity (Wildman–Crippen MR) is 122 cm³/mol. The van der Waals surface area contributed by atoms with Crippen molar-refractivity contribution in [3.05, 3.63) is 0 Å². The van der Waals surface area contributed by atoms with Crippen LogP contribution in [0.15, 0.2) is 4.99 Å². The Labute approximate surface area is 183 Å². The van der Waals surface area contributed by atoms with Crippen molar-refractivity contribution in [3.8, 4) is 0 Å². The number of piperazine rings is 1. The minimum atomic E-state index is -0.0134. The molecule has 1 saturated carbocycles. The Hall–Kier alpha value is -1.34. The molecule has 1 aliphatic carbocycles. The number of guanidine groups is 1. The molecule has 172 valence electrons. The van der Waals surface area contributed by atoms with Crippen LogP contribution in [0.5, 0.6) is 0 Å². The number of carbonyl (C=O) groups is 1. The zero-order valence-corrected chi connectivity index (χ0v) is 19.5. The molecule has 3 fully saturated rings. The van der Waals surface area contributed by atoms with Gasteiger partial charge in [-0.3, -0.25) is 14.7 Å². The summed E-state index contributed by atoms with van der Waals surface area (Å²) < 4.78 is 5.38. The van der Waals surface area contributed by atoms with Gasteiger partial charge in [-0.2, -0.15) is 0 Å². The van der Waals surface area contributed by atoms with Crippen LogP contribution in [0, 0.1) is 5.41 Å². The lowest BCUT2D eigenvalue weighted by Gasteiger charge is -2.40. The molecule has 0 aromatic rings. The number of likely N-dealkylation sites (tertiary alicyclic amines) is 1. The van der Waals surface area contributed by atoms with E-state index in [0.717, 1.165) is 84.2 Å². The van der Waals surface area contributed by atoms with Gasteiger partial charge in [0.2, 0.25) is 5.91 Å². The van der Waals surface area contributed by atoms with Crippen molar-refractivity contribution in [3.63, 3.8) is 0 Å². The van der Waals surface area contributed by atoms with Gasteiger partial charge in [0.05, 0.1) is 6.04 Å². The maximum absolute atomic E-state index is 12.8.